The van der Waals surface area contributed by atoms with Crippen molar-refractivity contribution in [2.45, 2.75) is 577 Å². The summed E-state index contributed by atoms with van der Waals surface area (Å²) in [7, 11) is -10.4. The van der Waals surface area contributed by atoms with Crippen LogP contribution in [0.2, 0.25) is 0 Å². The summed E-state index contributed by atoms with van der Waals surface area (Å²) in [6.45, 7) is 11.9. The van der Waals surface area contributed by atoms with E-state index < -0.39 is 176 Å². The first-order valence-electron chi connectivity index (χ1n) is 52.6. The Hall–Kier alpha value is -3.46. The van der Waals surface area contributed by atoms with Gasteiger partial charge in [0.1, 0.15) is 48.7 Å². The van der Waals surface area contributed by atoms with E-state index in [1.54, 1.807) is 0 Å². The second-order valence-corrected chi connectivity index (χ2v) is 40.6. The molecule has 2 heterocycles. The third-order valence-corrected chi connectivity index (χ3v) is 26.2. The topological polar surface area (TPSA) is 385 Å². The number of ether oxygens (including phenoxy) is 7. The Morgan fingerprint density at radius 1 is 0.357 bits per heavy atom. The van der Waals surface area contributed by atoms with E-state index in [4.69, 9.17) is 42.2 Å². The number of allylic oxidation sites excluding steroid dienone is 2. The molecule has 0 aromatic carbocycles. The van der Waals surface area contributed by atoms with Crippen molar-refractivity contribution < 1.29 is 115 Å². The third kappa shape index (κ3) is 66.6. The molecule has 0 radical (unpaired) electrons. The molecule has 2 aliphatic heterocycles. The minimum absolute atomic E-state index is 0.0904. The standard InChI is InChI=1S/C101H190N2O24P2/c1-8-14-20-26-32-38-40-42-44-50-56-62-68-74-90(109)120-84(72-66-60-54-48-36-30-24-18-12-5)78-88(107)102-94-98(124-92(111)76-82(105)70-64-58-52-46-34-28-22-16-10-3)96(113)87(123-101(94)127-128(7,114)115)81-119-100-95(99(97(86(80-104)122-100)126-129(116,117)118)125-93(112)77-83(106)71-65-59-53-47-35-29-23-17-11-4)103-89(108)79-85(73-67-61-55-49-37-31-25-19-13-6)121-91(110)75-69-63-57-51-45-43-41-39-33-27-21-15-9-2/h39,41,82-87,94-101,104-106,113H,8-38,40,42-81H2,1-7H3,(H,102,107)(H,103,108)(H,114,115)(H2,116,117,118)/b41-39-/t82?,83?,84?,85?,86?,87?,94?,95?,96-,97-,98-,99-,100-,101?/m1/s1. The van der Waals surface area contributed by atoms with Gasteiger partial charge in [-0.25, -0.2) is 4.57 Å². The van der Waals surface area contributed by atoms with Crippen LogP contribution in [-0.2, 0) is 80.1 Å². The number of aliphatic hydroxyl groups excluding tert-OH is 4. The fraction of sp³-hybridized carbons (Fsp3) is 0.921. The summed E-state index contributed by atoms with van der Waals surface area (Å²) in [5, 5.41) is 52.2. The van der Waals surface area contributed by atoms with Crippen LogP contribution in [0.5, 0.6) is 0 Å². The molecule has 0 aromatic heterocycles. The van der Waals surface area contributed by atoms with E-state index in [1.807, 2.05) is 0 Å². The molecular formula is C101H190N2O24P2. The average Bonchev–Trinajstić information content (AvgIpc) is 0.777. The minimum atomic E-state index is -5.63. The van der Waals surface area contributed by atoms with Gasteiger partial charge in [0.05, 0.1) is 51.1 Å². The molecule has 28 heteroatoms. The molecule has 2 amide bonds. The lowest BCUT2D eigenvalue weighted by molar-refractivity contribution is -0.296. The van der Waals surface area contributed by atoms with E-state index in [9.17, 15) is 68.2 Å². The summed E-state index contributed by atoms with van der Waals surface area (Å²) in [4.78, 5) is 119. The number of aliphatic hydroxyl groups is 4. The maximum atomic E-state index is 15.1. The third-order valence-electron chi connectivity index (χ3n) is 25.1. The number of phosphoric ester groups is 1. The fourth-order valence-corrected chi connectivity index (χ4v) is 18.5. The van der Waals surface area contributed by atoms with E-state index in [2.05, 4.69) is 64.3 Å². The Bertz CT molecular complexity index is 2870. The minimum Gasteiger partial charge on any atom is -0.462 e. The van der Waals surface area contributed by atoms with Crippen LogP contribution in [0.3, 0.4) is 0 Å². The molecule has 0 saturated carbocycles. The number of nitrogens with one attached hydrogen (secondary N) is 2. The van der Waals surface area contributed by atoms with Crippen LogP contribution in [0, 0.1) is 0 Å². The number of rotatable bonds is 89. The van der Waals surface area contributed by atoms with Crippen molar-refractivity contribution in [3.8, 4) is 0 Å². The van der Waals surface area contributed by atoms with Gasteiger partial charge in [-0.3, -0.25) is 42.4 Å². The van der Waals surface area contributed by atoms with Gasteiger partial charge >= 0.3 is 39.3 Å². The maximum absolute atomic E-state index is 15.1. The number of unbranched alkanes of at least 4 members (excludes halogenated alkanes) is 53. The zero-order chi connectivity index (χ0) is 94.7. The molecule has 15 atom stereocenters. The highest BCUT2D eigenvalue weighted by Gasteiger charge is 2.55. The number of esters is 4. The van der Waals surface area contributed by atoms with Gasteiger partial charge in [-0.1, -0.05) is 388 Å². The molecule has 758 valence electrons. The Balaban J connectivity index is 2.78. The lowest BCUT2D eigenvalue weighted by atomic mass is 9.95. The van der Waals surface area contributed by atoms with Crippen molar-refractivity contribution in [2.24, 2.45) is 0 Å². The molecule has 2 fully saturated rings. The lowest BCUT2D eigenvalue weighted by Crippen LogP contribution is -2.68. The molecule has 26 nitrogen and oxygen atoms in total. The molecule has 9 N–H and O–H groups in total. The van der Waals surface area contributed by atoms with Gasteiger partial charge in [-0.15, -0.1) is 0 Å². The van der Waals surface area contributed by atoms with Crippen molar-refractivity contribution in [3.63, 3.8) is 0 Å². The van der Waals surface area contributed by atoms with Crippen molar-refractivity contribution >= 4 is 51.1 Å². The molecule has 0 bridgehead atoms. The molecule has 2 aliphatic rings. The van der Waals surface area contributed by atoms with Crippen LogP contribution in [0.4, 0.5) is 0 Å². The number of carbonyl (C=O) groups excluding carboxylic acids is 6. The summed E-state index contributed by atoms with van der Waals surface area (Å²) in [5.74, 6) is -4.78. The summed E-state index contributed by atoms with van der Waals surface area (Å²) < 4.78 is 81.5. The highest BCUT2D eigenvalue weighted by atomic mass is 31.2. The molecule has 129 heavy (non-hydrogen) atoms. The lowest BCUT2D eigenvalue weighted by Gasteiger charge is -2.47. The van der Waals surface area contributed by atoms with E-state index in [-0.39, 0.29) is 32.1 Å². The van der Waals surface area contributed by atoms with Crippen molar-refractivity contribution in [1.29, 1.82) is 0 Å². The second kappa shape index (κ2) is 80.6. The summed E-state index contributed by atoms with van der Waals surface area (Å²) in [6, 6.07) is -3.68. The van der Waals surface area contributed by atoms with Gasteiger partial charge < -0.3 is 78.9 Å². The number of hydrogen-bond acceptors (Lipinski definition) is 21. The Kier molecular flexibility index (Phi) is 76.0. The first kappa shape index (κ1) is 122. The van der Waals surface area contributed by atoms with Crippen molar-refractivity contribution in [2.75, 3.05) is 19.9 Å². The van der Waals surface area contributed by atoms with Gasteiger partial charge in [0.2, 0.25) is 11.8 Å². The molecule has 10 unspecified atom stereocenters. The maximum Gasteiger partial charge on any atom is 0.470 e. The van der Waals surface area contributed by atoms with Crippen LogP contribution in [0.15, 0.2) is 12.2 Å². The zero-order valence-corrected chi connectivity index (χ0v) is 83.9. The zero-order valence-electron chi connectivity index (χ0n) is 82.1. The second-order valence-electron chi connectivity index (χ2n) is 37.6. The first-order valence-corrected chi connectivity index (χ1v) is 56.2. The highest BCUT2D eigenvalue weighted by Crippen LogP contribution is 2.44. The van der Waals surface area contributed by atoms with E-state index >= 15 is 4.79 Å². The smallest absolute Gasteiger partial charge is 0.462 e. The molecule has 2 saturated heterocycles. The monoisotopic (exact) mass is 1880 g/mol. The van der Waals surface area contributed by atoms with Gasteiger partial charge in [-0.05, 0) is 77.0 Å². The predicted octanol–water partition coefficient (Wildman–Crippen LogP) is 23.4. The van der Waals surface area contributed by atoms with Crippen LogP contribution >= 0.6 is 15.4 Å². The number of carbonyl (C=O) groups is 6. The quantitative estimate of drug-likeness (QED) is 0.00898. The van der Waals surface area contributed by atoms with Crippen LogP contribution in [-0.4, -0.2) is 176 Å². The van der Waals surface area contributed by atoms with Crippen LogP contribution < -0.4 is 10.6 Å². The van der Waals surface area contributed by atoms with E-state index in [0.717, 1.165) is 244 Å². The normalized spacial score (nSPS) is 20.4. The number of hydrogen-bond donors (Lipinski definition) is 9. The first-order chi connectivity index (χ1) is 62.3. The van der Waals surface area contributed by atoms with Crippen LogP contribution in [0.1, 0.15) is 491 Å². The number of amides is 2. The van der Waals surface area contributed by atoms with E-state index in [0.29, 0.717) is 44.9 Å². The van der Waals surface area contributed by atoms with E-state index in [1.165, 1.54) is 109 Å². The molecule has 0 spiro atoms. The van der Waals surface area contributed by atoms with Gasteiger partial charge in [0.15, 0.2) is 24.8 Å². The Morgan fingerprint density at radius 3 is 0.984 bits per heavy atom. The largest absolute Gasteiger partial charge is 0.470 e. The van der Waals surface area contributed by atoms with Crippen LogP contribution in [0.25, 0.3) is 0 Å². The average molecular weight is 1880 g/mol. The van der Waals surface area contributed by atoms with Crippen molar-refractivity contribution in [3.05, 3.63) is 12.2 Å². The van der Waals surface area contributed by atoms with Crippen molar-refractivity contribution in [1.82, 2.24) is 10.6 Å². The summed E-state index contributed by atoms with van der Waals surface area (Å²) in [5.41, 5.74) is 0. The highest BCUT2D eigenvalue weighted by molar-refractivity contribution is 7.51. The molecule has 0 aromatic rings. The van der Waals surface area contributed by atoms with Gasteiger partial charge in [0, 0.05) is 19.5 Å². The molecular weight excluding hydrogens is 1690 g/mol. The van der Waals surface area contributed by atoms with Gasteiger partial charge in [0.25, 0.3) is 0 Å². The SMILES string of the molecule is CCCCCC/C=C\CCCCCCCC(=O)OC(CCCCCCCCCCC)CC(=O)NC1[C@H](OCC2OC(OP(C)(=O)O)C(NC(=O)CC(CCCCCCCCCCC)OC(=O)CCCCCCCCCCCCCCC)[C@@H](OC(=O)CC(O)CCCCCCCCCCC)[C@@H]2O)OC(CO)[C@@H](OP(=O)(O)O)[C@@H]1OC(=O)CC(O)CCCCCCCCCCC. The number of phosphoric acid groups is 1. The summed E-state index contributed by atoms with van der Waals surface area (Å²) >= 11 is 0. The predicted molar refractivity (Wildman–Crippen MR) is 512 cm³/mol. The summed E-state index contributed by atoms with van der Waals surface area (Å²) in [6.07, 6.45) is 45.2. The fourth-order valence-electron chi connectivity index (χ4n) is 17.4. The Morgan fingerprint density at radius 2 is 0.651 bits per heavy atom. The molecule has 2 rings (SSSR count). The molecule has 0 aliphatic carbocycles. The van der Waals surface area contributed by atoms with Gasteiger partial charge in [-0.2, -0.15) is 0 Å². The Labute approximate surface area is 781 Å².